The van der Waals surface area contributed by atoms with Crippen molar-refractivity contribution < 1.29 is 9.59 Å². The summed E-state index contributed by atoms with van der Waals surface area (Å²) in [6.45, 7) is 1.82. The topological polar surface area (TPSA) is 38.5 Å². The van der Waals surface area contributed by atoms with Crippen molar-refractivity contribution in [2.24, 2.45) is 0 Å². The number of hydrogen-bond acceptors (Lipinski definition) is 2. The van der Waals surface area contributed by atoms with Crippen LogP contribution >= 0.6 is 27.5 Å². The number of rotatable bonds is 4. The molecule has 3 nitrogen and oxygen atoms in total. The molecule has 2 heterocycles. The summed E-state index contributed by atoms with van der Waals surface area (Å²) in [7, 11) is 0. The van der Waals surface area contributed by atoms with Crippen molar-refractivity contribution in [1.29, 1.82) is 0 Å². The van der Waals surface area contributed by atoms with E-state index in [1.807, 2.05) is 49.5 Å². The second-order valence-electron chi connectivity index (χ2n) is 6.45. The highest BCUT2D eigenvalue weighted by molar-refractivity contribution is 9.10. The largest absolute Gasteiger partial charge is 0.313 e. The zero-order chi connectivity index (χ0) is 19.8. The molecule has 0 radical (unpaired) electrons. The molecule has 0 amide bonds. The summed E-state index contributed by atoms with van der Waals surface area (Å²) in [6.07, 6.45) is 1.81. The van der Waals surface area contributed by atoms with Crippen LogP contribution in [0.3, 0.4) is 0 Å². The first-order valence-electron chi connectivity index (χ1n) is 8.68. The van der Waals surface area contributed by atoms with Gasteiger partial charge >= 0.3 is 0 Å². The normalized spacial score (nSPS) is 11.0. The van der Waals surface area contributed by atoms with E-state index >= 15 is 0 Å². The molecular weight excluding hydrogens is 438 g/mol. The molecule has 0 unspecified atom stereocenters. The maximum atomic E-state index is 13.3. The lowest BCUT2D eigenvalue weighted by atomic mass is 9.98. The van der Waals surface area contributed by atoms with E-state index in [0.717, 1.165) is 4.47 Å². The lowest BCUT2D eigenvalue weighted by molar-refractivity contribution is 0.103. The van der Waals surface area contributed by atoms with Gasteiger partial charge in [-0.25, -0.2) is 0 Å². The smallest absolute Gasteiger partial charge is 0.211 e. The number of halogens is 2. The van der Waals surface area contributed by atoms with Gasteiger partial charge in [-0.2, -0.15) is 0 Å². The first-order valence-corrected chi connectivity index (χ1v) is 9.85. The van der Waals surface area contributed by atoms with Gasteiger partial charge in [0.1, 0.15) is 0 Å². The molecule has 0 fully saturated rings. The Morgan fingerprint density at radius 2 is 1.57 bits per heavy atom. The maximum absolute atomic E-state index is 13.3. The molecule has 0 spiro atoms. The van der Waals surface area contributed by atoms with E-state index in [1.165, 1.54) is 0 Å². The molecule has 4 aromatic rings. The second kappa shape index (κ2) is 7.38. The SMILES string of the molecule is Cc1c(C(=O)c2ccc(Cl)cc2)c2ccccn2c1C(=O)c1ccccc1Br. The number of hydrogen-bond donors (Lipinski definition) is 0. The zero-order valence-corrected chi connectivity index (χ0v) is 17.3. The molecule has 0 aliphatic rings. The van der Waals surface area contributed by atoms with Crippen LogP contribution < -0.4 is 0 Å². The Morgan fingerprint density at radius 3 is 2.29 bits per heavy atom. The average Bonchev–Trinajstić information content (AvgIpc) is 2.99. The van der Waals surface area contributed by atoms with Gasteiger partial charge in [0.15, 0.2) is 5.78 Å². The van der Waals surface area contributed by atoms with Gasteiger partial charge in [0, 0.05) is 26.8 Å². The zero-order valence-electron chi connectivity index (χ0n) is 14.9. The quantitative estimate of drug-likeness (QED) is 0.350. The van der Waals surface area contributed by atoms with Crippen molar-refractivity contribution in [3.05, 3.63) is 110 Å². The van der Waals surface area contributed by atoms with Crippen molar-refractivity contribution in [3.63, 3.8) is 0 Å². The predicted octanol–water partition coefficient (Wildman–Crippen LogP) is 6.13. The van der Waals surface area contributed by atoms with E-state index in [0.29, 0.717) is 38.5 Å². The van der Waals surface area contributed by atoms with E-state index in [4.69, 9.17) is 11.6 Å². The Labute approximate surface area is 175 Å². The molecule has 2 aromatic carbocycles. The third-order valence-corrected chi connectivity index (χ3v) is 5.70. The standard InChI is InChI=1S/C23H15BrClNO2/c1-14-20(22(27)15-9-11-16(25)12-10-15)19-8-4-5-13-26(19)21(14)23(28)17-6-2-3-7-18(17)24/h2-13H,1H3. The van der Waals surface area contributed by atoms with Crippen LogP contribution in [0.4, 0.5) is 0 Å². The molecule has 2 aromatic heterocycles. The average molecular weight is 453 g/mol. The second-order valence-corrected chi connectivity index (χ2v) is 7.74. The number of pyridine rings is 1. The van der Waals surface area contributed by atoms with Crippen molar-refractivity contribution in [2.45, 2.75) is 6.92 Å². The van der Waals surface area contributed by atoms with Gasteiger partial charge in [-0.1, -0.05) is 45.7 Å². The van der Waals surface area contributed by atoms with Crippen molar-refractivity contribution in [3.8, 4) is 0 Å². The summed E-state index contributed by atoms with van der Waals surface area (Å²) in [6, 6.07) is 19.6. The van der Waals surface area contributed by atoms with E-state index in [2.05, 4.69) is 15.9 Å². The van der Waals surface area contributed by atoms with Gasteiger partial charge in [0.2, 0.25) is 5.78 Å². The monoisotopic (exact) mass is 451 g/mol. The molecule has 4 rings (SSSR count). The van der Waals surface area contributed by atoms with Crippen LogP contribution in [-0.2, 0) is 0 Å². The number of nitrogens with zero attached hydrogens (tertiary/aromatic N) is 1. The highest BCUT2D eigenvalue weighted by atomic mass is 79.9. The van der Waals surface area contributed by atoms with Crippen LogP contribution in [-0.4, -0.2) is 16.0 Å². The van der Waals surface area contributed by atoms with Gasteiger partial charge in [0.25, 0.3) is 0 Å². The molecule has 0 saturated carbocycles. The maximum Gasteiger partial charge on any atom is 0.211 e. The minimum atomic E-state index is -0.138. The van der Waals surface area contributed by atoms with Crippen LogP contribution in [0.2, 0.25) is 5.02 Å². The van der Waals surface area contributed by atoms with E-state index in [-0.39, 0.29) is 11.6 Å². The Hall–Kier alpha value is -2.69. The fraction of sp³-hybridized carbons (Fsp3) is 0.0435. The van der Waals surface area contributed by atoms with Crippen LogP contribution in [0, 0.1) is 6.92 Å². The highest BCUT2D eigenvalue weighted by Crippen LogP contribution is 2.29. The van der Waals surface area contributed by atoms with E-state index < -0.39 is 0 Å². The van der Waals surface area contributed by atoms with E-state index in [1.54, 1.807) is 34.7 Å². The molecule has 0 aliphatic heterocycles. The molecule has 5 heteroatoms. The summed E-state index contributed by atoms with van der Waals surface area (Å²) >= 11 is 9.40. The molecule has 0 bridgehead atoms. The van der Waals surface area contributed by atoms with Crippen molar-refractivity contribution in [2.75, 3.05) is 0 Å². The van der Waals surface area contributed by atoms with Gasteiger partial charge in [-0.05, 0) is 61.0 Å². The lowest BCUT2D eigenvalue weighted by Gasteiger charge is -2.06. The van der Waals surface area contributed by atoms with Gasteiger partial charge in [0.05, 0.1) is 16.8 Å². The fourth-order valence-corrected chi connectivity index (χ4v) is 4.01. The number of carbonyl (C=O) groups is 2. The molecule has 0 atom stereocenters. The first-order chi connectivity index (χ1) is 13.5. The Bertz CT molecular complexity index is 1230. The van der Waals surface area contributed by atoms with Crippen LogP contribution in [0.5, 0.6) is 0 Å². The summed E-state index contributed by atoms with van der Waals surface area (Å²) in [5.74, 6) is -0.273. The Morgan fingerprint density at radius 1 is 0.893 bits per heavy atom. The molecule has 138 valence electrons. The molecule has 0 N–H and O–H groups in total. The van der Waals surface area contributed by atoms with Crippen LogP contribution in [0.1, 0.15) is 37.5 Å². The minimum Gasteiger partial charge on any atom is -0.313 e. The summed E-state index contributed by atoms with van der Waals surface area (Å²) in [4.78, 5) is 26.6. The van der Waals surface area contributed by atoms with Gasteiger partial charge in [-0.3, -0.25) is 9.59 Å². The summed E-state index contributed by atoms with van der Waals surface area (Å²) < 4.78 is 2.51. The number of carbonyl (C=O) groups excluding carboxylic acids is 2. The van der Waals surface area contributed by atoms with Gasteiger partial charge in [-0.15, -0.1) is 0 Å². The number of benzene rings is 2. The van der Waals surface area contributed by atoms with Crippen LogP contribution in [0.15, 0.2) is 77.4 Å². The fourth-order valence-electron chi connectivity index (χ4n) is 3.42. The Kier molecular flexibility index (Phi) is 4.92. The molecule has 0 aliphatic carbocycles. The summed E-state index contributed by atoms with van der Waals surface area (Å²) in [5.41, 5.74) is 3.46. The highest BCUT2D eigenvalue weighted by Gasteiger charge is 2.26. The van der Waals surface area contributed by atoms with Crippen molar-refractivity contribution in [1.82, 2.24) is 4.40 Å². The van der Waals surface area contributed by atoms with E-state index in [9.17, 15) is 9.59 Å². The number of aromatic nitrogens is 1. The molecule has 28 heavy (non-hydrogen) atoms. The summed E-state index contributed by atoms with van der Waals surface area (Å²) in [5, 5.41) is 0.569. The molecule has 0 saturated heterocycles. The third-order valence-electron chi connectivity index (χ3n) is 4.75. The predicted molar refractivity (Wildman–Crippen MR) is 115 cm³/mol. The third kappa shape index (κ3) is 3.09. The van der Waals surface area contributed by atoms with Gasteiger partial charge < -0.3 is 4.40 Å². The van der Waals surface area contributed by atoms with Crippen molar-refractivity contribution >= 4 is 44.6 Å². The number of ketones is 2. The molecular formula is C23H15BrClNO2. The number of fused-ring (bicyclic) bond motifs is 1. The first kappa shape index (κ1) is 18.7. The minimum absolute atomic E-state index is 0.135. The van der Waals surface area contributed by atoms with Crippen LogP contribution in [0.25, 0.3) is 5.52 Å². The lowest BCUT2D eigenvalue weighted by Crippen LogP contribution is -2.08. The Balaban J connectivity index is 1.94.